The summed E-state index contributed by atoms with van der Waals surface area (Å²) in [5.74, 6) is 0.0740. The molecule has 0 spiro atoms. The van der Waals surface area contributed by atoms with Crippen LogP contribution in [-0.2, 0) is 0 Å². The smallest absolute Gasteiger partial charge is 0.160 e. The molecule has 1 rings (SSSR count). The predicted molar refractivity (Wildman–Crippen MR) is 84.3 cm³/mol. The summed E-state index contributed by atoms with van der Waals surface area (Å²) in [6.07, 6.45) is 5.29. The molecule has 0 amide bonds. The quantitative estimate of drug-likeness (QED) is 0.656. The minimum absolute atomic E-state index is 0.0740. The zero-order valence-corrected chi connectivity index (χ0v) is 12.1. The van der Waals surface area contributed by atoms with E-state index in [-0.39, 0.29) is 5.78 Å². The molecule has 0 saturated carbocycles. The monoisotopic (exact) mass is 257 g/mol. The highest BCUT2D eigenvalue weighted by atomic mass is 16.1. The Hall–Kier alpha value is -1.93. The van der Waals surface area contributed by atoms with Crippen LogP contribution in [0.5, 0.6) is 0 Å². The maximum Gasteiger partial charge on any atom is 0.160 e. The van der Waals surface area contributed by atoms with Crippen molar-refractivity contribution in [2.75, 3.05) is 6.54 Å². The van der Waals surface area contributed by atoms with Gasteiger partial charge in [-0.25, -0.2) is 0 Å². The minimum Gasteiger partial charge on any atom is -0.331 e. The fourth-order valence-electron chi connectivity index (χ4n) is 1.77. The zero-order chi connectivity index (χ0) is 14.8. The first-order valence-electron chi connectivity index (χ1n) is 6.29. The summed E-state index contributed by atoms with van der Waals surface area (Å²) in [5, 5.41) is 0. The van der Waals surface area contributed by atoms with E-state index in [1.807, 2.05) is 38.1 Å². The van der Waals surface area contributed by atoms with Crippen molar-refractivity contribution in [3.63, 3.8) is 0 Å². The van der Waals surface area contributed by atoms with Gasteiger partial charge in [0.1, 0.15) is 0 Å². The molecule has 1 aromatic rings. The average molecular weight is 257 g/mol. The highest BCUT2D eigenvalue weighted by Crippen LogP contribution is 2.23. The van der Waals surface area contributed by atoms with Gasteiger partial charge in [0.25, 0.3) is 0 Å². The van der Waals surface area contributed by atoms with E-state index < -0.39 is 0 Å². The van der Waals surface area contributed by atoms with Crippen LogP contribution in [0.1, 0.15) is 35.3 Å². The molecule has 2 nitrogen and oxygen atoms in total. The summed E-state index contributed by atoms with van der Waals surface area (Å²) >= 11 is 0. The van der Waals surface area contributed by atoms with E-state index in [0.717, 1.165) is 28.8 Å². The molecule has 0 fully saturated rings. The lowest BCUT2D eigenvalue weighted by Crippen LogP contribution is -2.01. The molecule has 0 radical (unpaired) electrons. The number of benzene rings is 1. The van der Waals surface area contributed by atoms with Gasteiger partial charge in [0.15, 0.2) is 5.78 Å². The molecule has 0 aromatic heterocycles. The van der Waals surface area contributed by atoms with Crippen LogP contribution in [-0.4, -0.2) is 12.3 Å². The van der Waals surface area contributed by atoms with Gasteiger partial charge in [-0.05, 0) is 37.1 Å². The van der Waals surface area contributed by atoms with Gasteiger partial charge < -0.3 is 5.73 Å². The Bertz CT molecular complexity index is 484. The first kappa shape index (κ1) is 17.1. The second-order valence-electron chi connectivity index (χ2n) is 4.02. The van der Waals surface area contributed by atoms with Gasteiger partial charge in [-0.2, -0.15) is 0 Å². The molecule has 0 bridgehead atoms. The fourth-order valence-corrected chi connectivity index (χ4v) is 1.77. The average Bonchev–Trinajstić information content (AvgIpc) is 2.36. The third-order valence-electron chi connectivity index (χ3n) is 2.45. The maximum atomic E-state index is 11.6. The number of carbonyl (C=O) groups excluding carboxylic acids is 1. The number of allylic oxidation sites excluding steroid dienone is 4. The van der Waals surface area contributed by atoms with Crippen molar-refractivity contribution in [2.24, 2.45) is 5.73 Å². The van der Waals surface area contributed by atoms with Crippen LogP contribution < -0.4 is 5.73 Å². The summed E-state index contributed by atoms with van der Waals surface area (Å²) in [4.78, 5) is 11.6. The minimum atomic E-state index is 0.0740. The normalized spacial score (nSPS) is 10.2. The Morgan fingerprint density at radius 2 is 1.95 bits per heavy atom. The molecule has 2 N–H and O–H groups in total. The van der Waals surface area contributed by atoms with E-state index in [0.29, 0.717) is 0 Å². The van der Waals surface area contributed by atoms with Crippen LogP contribution in [0.4, 0.5) is 0 Å². The highest BCUT2D eigenvalue weighted by molar-refractivity contribution is 6.01. The molecule has 102 valence electrons. The van der Waals surface area contributed by atoms with Gasteiger partial charge in [0.2, 0.25) is 0 Å². The second kappa shape index (κ2) is 9.06. The van der Waals surface area contributed by atoms with E-state index >= 15 is 0 Å². The molecule has 0 unspecified atom stereocenters. The van der Waals surface area contributed by atoms with Crippen molar-refractivity contribution in [1.29, 1.82) is 0 Å². The lowest BCUT2D eigenvalue weighted by atomic mass is 9.93. The van der Waals surface area contributed by atoms with Crippen LogP contribution in [0.15, 0.2) is 49.6 Å². The van der Waals surface area contributed by atoms with Crippen molar-refractivity contribution < 1.29 is 4.79 Å². The second-order valence-corrected chi connectivity index (χ2v) is 4.02. The number of nitrogens with two attached hydrogens (primary N) is 1. The topological polar surface area (TPSA) is 43.1 Å². The Kier molecular flexibility index (Phi) is 8.14. The first-order chi connectivity index (χ1) is 9.03. The van der Waals surface area contributed by atoms with Crippen LogP contribution in [0.25, 0.3) is 5.57 Å². The van der Waals surface area contributed by atoms with E-state index in [1.54, 1.807) is 19.1 Å². The molecule has 2 heteroatoms. The van der Waals surface area contributed by atoms with Gasteiger partial charge >= 0.3 is 0 Å². The molecule has 1 aromatic carbocycles. The molecule has 0 saturated heterocycles. The molecule has 19 heavy (non-hydrogen) atoms. The van der Waals surface area contributed by atoms with Crippen LogP contribution in [0.3, 0.4) is 0 Å². The summed E-state index contributed by atoms with van der Waals surface area (Å²) in [6, 6.07) is 5.81. The summed E-state index contributed by atoms with van der Waals surface area (Å²) in [5.41, 5.74) is 8.43. The van der Waals surface area contributed by atoms with Crippen LogP contribution in [0.2, 0.25) is 0 Å². The molecule has 0 heterocycles. The molecule has 0 aliphatic heterocycles. The van der Waals surface area contributed by atoms with E-state index in [9.17, 15) is 4.79 Å². The van der Waals surface area contributed by atoms with Crippen LogP contribution in [0, 0.1) is 6.92 Å². The van der Waals surface area contributed by atoms with E-state index in [1.165, 1.54) is 0 Å². The lowest BCUT2D eigenvalue weighted by Gasteiger charge is -2.10. The third-order valence-corrected chi connectivity index (χ3v) is 2.45. The zero-order valence-electron chi connectivity index (χ0n) is 12.1. The Balaban J connectivity index is 0.000000982. The van der Waals surface area contributed by atoms with Gasteiger partial charge in [-0.1, -0.05) is 56.5 Å². The number of hydrogen-bond donors (Lipinski definition) is 1. The first-order valence-corrected chi connectivity index (χ1v) is 6.29. The maximum absolute atomic E-state index is 11.6. The third kappa shape index (κ3) is 5.06. The van der Waals surface area contributed by atoms with E-state index in [4.69, 9.17) is 5.73 Å². The van der Waals surface area contributed by atoms with Crippen molar-refractivity contribution in [1.82, 2.24) is 0 Å². The number of carbonyl (C=O) groups is 1. The Morgan fingerprint density at radius 3 is 2.37 bits per heavy atom. The molecular weight excluding hydrogens is 234 g/mol. The molecule has 0 atom stereocenters. The SMILES string of the molecule is C=C/C=C(\C=C)c1cccc(C)c1C(C)=O.CCN. The van der Waals surface area contributed by atoms with Crippen LogP contribution >= 0.6 is 0 Å². The largest absolute Gasteiger partial charge is 0.331 e. The van der Waals surface area contributed by atoms with Crippen molar-refractivity contribution in [3.05, 3.63) is 66.3 Å². The number of ketones is 1. The molecule has 0 aliphatic carbocycles. The van der Waals surface area contributed by atoms with Gasteiger partial charge in [-0.3, -0.25) is 4.79 Å². The van der Waals surface area contributed by atoms with Gasteiger partial charge in [0.05, 0.1) is 0 Å². The summed E-state index contributed by atoms with van der Waals surface area (Å²) in [6.45, 7) is 13.6. The predicted octanol–water partition coefficient (Wildman–Crippen LogP) is 3.92. The number of Topliss-reactive ketones (excluding diaryl/α,β-unsaturated/α-hetero) is 1. The van der Waals surface area contributed by atoms with E-state index in [2.05, 4.69) is 13.2 Å². The number of aryl methyl sites for hydroxylation is 1. The number of rotatable bonds is 4. The number of hydrogen-bond acceptors (Lipinski definition) is 2. The lowest BCUT2D eigenvalue weighted by molar-refractivity contribution is 0.101. The highest BCUT2D eigenvalue weighted by Gasteiger charge is 2.11. The van der Waals surface area contributed by atoms with Gasteiger partial charge in [-0.15, -0.1) is 0 Å². The Labute approximate surface area is 116 Å². The molecular formula is C17H23NO. The van der Waals surface area contributed by atoms with Crippen molar-refractivity contribution in [2.45, 2.75) is 20.8 Å². The summed E-state index contributed by atoms with van der Waals surface area (Å²) < 4.78 is 0. The standard InChI is InChI=1S/C15H16O.C2H7N/c1-5-8-13(6-2)14-10-7-9-11(3)15(14)12(4)16;1-2-3/h5-10H,1-2H2,3-4H3;2-3H2,1H3/b13-8+;. The molecule has 0 aliphatic rings. The van der Waals surface area contributed by atoms with Gasteiger partial charge in [0, 0.05) is 5.56 Å². The van der Waals surface area contributed by atoms with Crippen molar-refractivity contribution in [3.8, 4) is 0 Å². The summed E-state index contributed by atoms with van der Waals surface area (Å²) in [7, 11) is 0. The Morgan fingerprint density at radius 1 is 1.37 bits per heavy atom. The van der Waals surface area contributed by atoms with Crippen molar-refractivity contribution >= 4 is 11.4 Å². The fraction of sp³-hybridized carbons (Fsp3) is 0.235.